The van der Waals surface area contributed by atoms with Crippen LogP contribution in [0, 0.1) is 17.2 Å². The summed E-state index contributed by atoms with van der Waals surface area (Å²) in [5.74, 6) is -1.92. The van der Waals surface area contributed by atoms with E-state index in [1.807, 2.05) is 0 Å². The van der Waals surface area contributed by atoms with Crippen LogP contribution in [0.3, 0.4) is 0 Å². The fraction of sp³-hybridized carbons (Fsp3) is 0.381. The van der Waals surface area contributed by atoms with Gasteiger partial charge in [0.2, 0.25) is 0 Å². The van der Waals surface area contributed by atoms with Crippen LogP contribution in [0.4, 0.5) is 0 Å². The number of fused-ring (bicyclic) bond motifs is 1. The third-order valence-electron chi connectivity index (χ3n) is 5.60. The van der Waals surface area contributed by atoms with E-state index in [9.17, 15) is 14.9 Å². The van der Waals surface area contributed by atoms with E-state index in [-0.39, 0.29) is 13.0 Å². The molecule has 2 aromatic heterocycles. The van der Waals surface area contributed by atoms with Crippen LogP contribution in [0.15, 0.2) is 39.5 Å². The van der Waals surface area contributed by atoms with Crippen LogP contribution in [-0.4, -0.2) is 46.0 Å². The number of aromatic nitrogens is 3. The highest BCUT2D eigenvalue weighted by molar-refractivity contribution is 5.85. The van der Waals surface area contributed by atoms with Gasteiger partial charge in [0.1, 0.15) is 0 Å². The largest absolute Gasteiger partial charge is 0.419 e. The second kappa shape index (κ2) is 8.29. The Morgan fingerprint density at radius 1 is 1.39 bits per heavy atom. The van der Waals surface area contributed by atoms with Crippen molar-refractivity contribution in [3.63, 3.8) is 0 Å². The van der Waals surface area contributed by atoms with Crippen molar-refractivity contribution in [1.82, 2.24) is 20.1 Å². The zero-order valence-electron chi connectivity index (χ0n) is 17.0. The lowest BCUT2D eigenvalue weighted by molar-refractivity contribution is -0.147. The number of nitrogens with one attached hydrogen (secondary N) is 1. The molecular formula is C21H22N6O4. The number of primary amides is 1. The maximum Gasteiger partial charge on any atom is 0.419 e. The predicted octanol–water partition coefficient (Wildman–Crippen LogP) is 0.505. The SMILES string of the molecule is Cn1c(=O)oc2ccc(-c3ccc(C[C@@H](C#N)C4(C(N)=O)CNCCCO4)nn3)cc21. The fourth-order valence-corrected chi connectivity index (χ4v) is 3.76. The Balaban J connectivity index is 1.59. The maximum atomic E-state index is 12.2. The molecule has 160 valence electrons. The number of hydrogen-bond acceptors (Lipinski definition) is 8. The molecule has 0 spiro atoms. The molecule has 3 N–H and O–H groups in total. The second-order valence-electron chi connectivity index (χ2n) is 7.54. The van der Waals surface area contributed by atoms with Gasteiger partial charge in [-0.2, -0.15) is 15.5 Å². The van der Waals surface area contributed by atoms with E-state index in [1.165, 1.54) is 4.57 Å². The molecule has 1 amide bonds. The summed E-state index contributed by atoms with van der Waals surface area (Å²) in [6, 6.07) is 11.0. The van der Waals surface area contributed by atoms with Crippen molar-refractivity contribution in [3.8, 4) is 17.3 Å². The Morgan fingerprint density at radius 2 is 2.23 bits per heavy atom. The molecular weight excluding hydrogens is 400 g/mol. The van der Waals surface area contributed by atoms with Gasteiger partial charge in [-0.05, 0) is 43.3 Å². The molecule has 1 saturated heterocycles. The van der Waals surface area contributed by atoms with Gasteiger partial charge in [-0.15, -0.1) is 0 Å². The summed E-state index contributed by atoms with van der Waals surface area (Å²) in [7, 11) is 1.63. The van der Waals surface area contributed by atoms with Gasteiger partial charge >= 0.3 is 5.76 Å². The normalized spacial score (nSPS) is 20.1. The van der Waals surface area contributed by atoms with Crippen molar-refractivity contribution in [2.75, 3.05) is 19.7 Å². The Bertz CT molecular complexity index is 1200. The Labute approximate surface area is 177 Å². The number of nitrogens with zero attached hydrogens (tertiary/aromatic N) is 4. The molecule has 2 atom stereocenters. The molecule has 0 bridgehead atoms. The average Bonchev–Trinajstić information content (AvgIpc) is 2.95. The molecule has 1 aliphatic heterocycles. The third kappa shape index (κ3) is 3.81. The fourth-order valence-electron chi connectivity index (χ4n) is 3.76. The molecule has 0 saturated carbocycles. The molecule has 1 fully saturated rings. The number of benzene rings is 1. The van der Waals surface area contributed by atoms with Gasteiger partial charge in [0, 0.05) is 32.2 Å². The highest BCUT2D eigenvalue weighted by Gasteiger charge is 2.46. The number of amides is 1. The lowest BCUT2D eigenvalue weighted by atomic mass is 9.83. The van der Waals surface area contributed by atoms with E-state index in [0.717, 1.165) is 12.0 Å². The third-order valence-corrected chi connectivity index (χ3v) is 5.60. The average molecular weight is 422 g/mol. The van der Waals surface area contributed by atoms with Crippen molar-refractivity contribution in [2.45, 2.75) is 18.4 Å². The Kier molecular flexibility index (Phi) is 5.54. The zero-order chi connectivity index (χ0) is 22.0. The first-order valence-electron chi connectivity index (χ1n) is 9.91. The van der Waals surface area contributed by atoms with E-state index in [4.69, 9.17) is 14.9 Å². The van der Waals surface area contributed by atoms with Crippen LogP contribution < -0.4 is 16.8 Å². The van der Waals surface area contributed by atoms with Crippen molar-refractivity contribution in [3.05, 3.63) is 46.6 Å². The van der Waals surface area contributed by atoms with Crippen molar-refractivity contribution in [2.24, 2.45) is 18.7 Å². The molecule has 3 heterocycles. The van der Waals surface area contributed by atoms with Crippen LogP contribution in [0.25, 0.3) is 22.4 Å². The minimum Gasteiger partial charge on any atom is -0.408 e. The number of nitriles is 1. The van der Waals surface area contributed by atoms with Gasteiger partial charge in [-0.3, -0.25) is 9.36 Å². The number of oxazole rings is 1. The number of rotatable bonds is 5. The van der Waals surface area contributed by atoms with Crippen molar-refractivity contribution >= 4 is 17.0 Å². The molecule has 3 aromatic rings. The van der Waals surface area contributed by atoms with Crippen LogP contribution in [-0.2, 0) is 23.0 Å². The number of carbonyl (C=O) groups excluding carboxylic acids is 1. The molecule has 0 radical (unpaired) electrons. The quantitative estimate of drug-likeness (QED) is 0.604. The molecule has 10 heteroatoms. The number of ether oxygens (including phenoxy) is 1. The lowest BCUT2D eigenvalue weighted by Gasteiger charge is -2.33. The van der Waals surface area contributed by atoms with Crippen LogP contribution in [0.2, 0.25) is 0 Å². The van der Waals surface area contributed by atoms with E-state index in [0.29, 0.717) is 35.6 Å². The van der Waals surface area contributed by atoms with Gasteiger partial charge in [-0.25, -0.2) is 4.79 Å². The monoisotopic (exact) mass is 422 g/mol. The van der Waals surface area contributed by atoms with Crippen molar-refractivity contribution < 1.29 is 13.9 Å². The summed E-state index contributed by atoms with van der Waals surface area (Å²) in [5.41, 5.74) is 7.28. The molecule has 1 aromatic carbocycles. The summed E-state index contributed by atoms with van der Waals surface area (Å²) in [5, 5.41) is 21.4. The number of hydrogen-bond donors (Lipinski definition) is 2. The molecule has 31 heavy (non-hydrogen) atoms. The Morgan fingerprint density at radius 3 is 2.94 bits per heavy atom. The summed E-state index contributed by atoms with van der Waals surface area (Å²) in [6.45, 7) is 1.21. The van der Waals surface area contributed by atoms with Gasteiger partial charge < -0.3 is 20.2 Å². The molecule has 4 rings (SSSR count). The van der Waals surface area contributed by atoms with Gasteiger partial charge in [0.15, 0.2) is 11.2 Å². The number of carbonyl (C=O) groups is 1. The van der Waals surface area contributed by atoms with Crippen LogP contribution >= 0.6 is 0 Å². The molecule has 0 aliphatic carbocycles. The smallest absolute Gasteiger partial charge is 0.408 e. The first-order valence-corrected chi connectivity index (χ1v) is 9.91. The first kappa shape index (κ1) is 20.7. The standard InChI is InChI=1S/C21H22N6O4/c1-27-17-9-13(3-6-18(17)31-20(27)29)16-5-4-15(25-26-16)10-14(11-22)21(19(23)28)12-24-7-2-8-30-21/h3-6,9,14,24H,2,7-8,10,12H2,1H3,(H2,23,28)/t14-,21?/m0/s1. The van der Waals surface area contributed by atoms with E-state index < -0.39 is 23.2 Å². The lowest BCUT2D eigenvalue weighted by Crippen LogP contribution is -2.57. The maximum absolute atomic E-state index is 12.2. The van der Waals surface area contributed by atoms with Gasteiger partial charge in [-0.1, -0.05) is 0 Å². The predicted molar refractivity (Wildman–Crippen MR) is 111 cm³/mol. The summed E-state index contributed by atoms with van der Waals surface area (Å²) in [6.07, 6.45) is 0.901. The summed E-state index contributed by atoms with van der Waals surface area (Å²) < 4.78 is 12.3. The van der Waals surface area contributed by atoms with E-state index in [2.05, 4.69) is 21.6 Å². The molecule has 1 unspecified atom stereocenters. The van der Waals surface area contributed by atoms with Gasteiger partial charge in [0.05, 0.1) is 28.9 Å². The molecule has 1 aliphatic rings. The van der Waals surface area contributed by atoms with E-state index in [1.54, 1.807) is 37.4 Å². The van der Waals surface area contributed by atoms with Crippen molar-refractivity contribution in [1.29, 1.82) is 5.26 Å². The summed E-state index contributed by atoms with van der Waals surface area (Å²) >= 11 is 0. The summed E-state index contributed by atoms with van der Waals surface area (Å²) in [4.78, 5) is 23.9. The van der Waals surface area contributed by atoms with Crippen LogP contribution in [0.5, 0.6) is 0 Å². The number of aryl methyl sites for hydroxylation is 1. The second-order valence-corrected chi connectivity index (χ2v) is 7.54. The minimum absolute atomic E-state index is 0.170. The Hall–Kier alpha value is -3.55. The van der Waals surface area contributed by atoms with Gasteiger partial charge in [0.25, 0.3) is 5.91 Å². The topological polar surface area (TPSA) is 149 Å². The highest BCUT2D eigenvalue weighted by atomic mass is 16.5. The van der Waals surface area contributed by atoms with E-state index >= 15 is 0 Å². The zero-order valence-corrected chi connectivity index (χ0v) is 17.0. The highest BCUT2D eigenvalue weighted by Crippen LogP contribution is 2.27. The molecule has 10 nitrogen and oxygen atoms in total. The number of nitrogens with two attached hydrogens (primary N) is 1. The first-order chi connectivity index (χ1) is 14.9. The van der Waals surface area contributed by atoms with Crippen LogP contribution in [0.1, 0.15) is 12.1 Å². The minimum atomic E-state index is -1.41.